The fraction of sp³-hybridized carbons (Fsp3) is 0.333. The van der Waals surface area contributed by atoms with Crippen molar-refractivity contribution < 1.29 is 0 Å². The van der Waals surface area contributed by atoms with Gasteiger partial charge in [-0.05, 0) is 32.4 Å². The van der Waals surface area contributed by atoms with Crippen LogP contribution in [0, 0.1) is 6.92 Å². The van der Waals surface area contributed by atoms with Gasteiger partial charge in [-0.3, -0.25) is 14.8 Å². The van der Waals surface area contributed by atoms with Crippen molar-refractivity contribution in [2.24, 2.45) is 0 Å². The fourth-order valence-corrected chi connectivity index (χ4v) is 3.80. The van der Waals surface area contributed by atoms with E-state index in [1.807, 2.05) is 19.1 Å². The summed E-state index contributed by atoms with van der Waals surface area (Å²) in [5, 5.41) is 3.25. The van der Waals surface area contributed by atoms with E-state index in [4.69, 9.17) is 0 Å². The first-order valence-electron chi connectivity index (χ1n) is 9.12. The fourth-order valence-electron chi connectivity index (χ4n) is 3.80. The Morgan fingerprint density at radius 1 is 1.31 bits per heavy atom. The van der Waals surface area contributed by atoms with Crippen LogP contribution >= 0.6 is 0 Å². The van der Waals surface area contributed by atoms with Crippen molar-refractivity contribution in [1.29, 1.82) is 0 Å². The van der Waals surface area contributed by atoms with E-state index in [-0.39, 0.29) is 5.56 Å². The molecule has 5 heteroatoms. The molecule has 0 spiro atoms. The van der Waals surface area contributed by atoms with Crippen LogP contribution in [-0.4, -0.2) is 39.1 Å². The molecular weight excluding hydrogens is 324 g/mol. The molecule has 1 N–H and O–H groups in total. The lowest BCUT2D eigenvalue weighted by Gasteiger charge is -2.16. The van der Waals surface area contributed by atoms with Gasteiger partial charge in [0.25, 0.3) is 5.56 Å². The van der Waals surface area contributed by atoms with Crippen LogP contribution in [0.4, 0.5) is 0 Å². The van der Waals surface area contributed by atoms with E-state index in [0.29, 0.717) is 11.6 Å². The maximum Gasteiger partial charge on any atom is 0.272 e. The number of fused-ring (bicyclic) bond motifs is 1. The molecule has 1 saturated heterocycles. The molecule has 26 heavy (non-hydrogen) atoms. The number of nitrogens with zero attached hydrogens (tertiary/aromatic N) is 3. The topological polar surface area (TPSA) is 53.4 Å². The van der Waals surface area contributed by atoms with Crippen LogP contribution < -0.4 is 5.56 Å². The van der Waals surface area contributed by atoms with E-state index in [0.717, 1.165) is 37.4 Å². The lowest BCUT2D eigenvalue weighted by atomic mass is 10.1. The van der Waals surface area contributed by atoms with Gasteiger partial charge in [0.05, 0.1) is 0 Å². The van der Waals surface area contributed by atoms with E-state index in [2.05, 4.69) is 52.2 Å². The Kier molecular flexibility index (Phi) is 4.47. The smallest absolute Gasteiger partial charge is 0.272 e. The van der Waals surface area contributed by atoms with E-state index in [1.54, 1.807) is 10.6 Å². The van der Waals surface area contributed by atoms with Crippen molar-refractivity contribution >= 4 is 11.7 Å². The average Bonchev–Trinajstić information content (AvgIpc) is 3.22. The summed E-state index contributed by atoms with van der Waals surface area (Å²) in [4.78, 5) is 19.0. The standard InChI is InChI=1S/C21H24N4O/c1-15(10-17-6-4-3-5-7-17)13-24-9-8-18(14-24)19-12-20-22-16(2)11-21(26)25(20)23-19/h3-7,10-12,18,23H,8-9,13-14H2,1-2H3/b15-10+/t18-/m1/s1. The number of hydrogen-bond donors (Lipinski definition) is 1. The predicted octanol–water partition coefficient (Wildman–Crippen LogP) is 3.22. The van der Waals surface area contributed by atoms with Crippen molar-refractivity contribution in [3.63, 3.8) is 0 Å². The van der Waals surface area contributed by atoms with Gasteiger partial charge in [0.2, 0.25) is 0 Å². The lowest BCUT2D eigenvalue weighted by Crippen LogP contribution is -2.22. The predicted molar refractivity (Wildman–Crippen MR) is 104 cm³/mol. The molecule has 2 aromatic heterocycles. The maximum absolute atomic E-state index is 12.1. The molecule has 1 aliphatic rings. The number of rotatable bonds is 4. The Hall–Kier alpha value is -2.66. The number of benzene rings is 1. The molecule has 5 nitrogen and oxygen atoms in total. The summed E-state index contributed by atoms with van der Waals surface area (Å²) in [5.41, 5.74) is 5.14. The molecule has 1 fully saturated rings. The number of nitrogens with one attached hydrogen (secondary N) is 1. The van der Waals surface area contributed by atoms with Crippen LogP contribution in [0.1, 0.15) is 36.2 Å². The molecule has 1 aliphatic heterocycles. The molecule has 4 rings (SSSR count). The van der Waals surface area contributed by atoms with Crippen LogP contribution in [0.5, 0.6) is 0 Å². The first-order valence-corrected chi connectivity index (χ1v) is 9.12. The molecule has 0 bridgehead atoms. The highest BCUT2D eigenvalue weighted by atomic mass is 16.1. The highest BCUT2D eigenvalue weighted by molar-refractivity contribution is 5.52. The summed E-state index contributed by atoms with van der Waals surface area (Å²) in [7, 11) is 0. The maximum atomic E-state index is 12.1. The van der Waals surface area contributed by atoms with E-state index >= 15 is 0 Å². The zero-order valence-electron chi connectivity index (χ0n) is 15.3. The molecule has 0 unspecified atom stereocenters. The number of aromatic amines is 1. The van der Waals surface area contributed by atoms with Crippen LogP contribution in [0.25, 0.3) is 11.7 Å². The Morgan fingerprint density at radius 2 is 2.12 bits per heavy atom. The Morgan fingerprint density at radius 3 is 2.92 bits per heavy atom. The van der Waals surface area contributed by atoms with Gasteiger partial charge in [-0.1, -0.05) is 42.0 Å². The van der Waals surface area contributed by atoms with Gasteiger partial charge in [0, 0.05) is 42.5 Å². The summed E-state index contributed by atoms with van der Waals surface area (Å²) < 4.78 is 1.55. The molecule has 0 radical (unpaired) electrons. The number of aryl methyl sites for hydroxylation is 1. The summed E-state index contributed by atoms with van der Waals surface area (Å²) in [6, 6.07) is 14.0. The van der Waals surface area contributed by atoms with Crippen molar-refractivity contribution in [2.45, 2.75) is 26.2 Å². The third-order valence-corrected chi connectivity index (χ3v) is 5.00. The van der Waals surface area contributed by atoms with Gasteiger partial charge in [-0.2, -0.15) is 0 Å². The lowest BCUT2D eigenvalue weighted by molar-refractivity contribution is 0.363. The monoisotopic (exact) mass is 348 g/mol. The zero-order valence-corrected chi connectivity index (χ0v) is 15.3. The summed E-state index contributed by atoms with van der Waals surface area (Å²) in [6.45, 7) is 7.09. The highest BCUT2D eigenvalue weighted by Gasteiger charge is 2.25. The number of hydrogen-bond acceptors (Lipinski definition) is 3. The SMILES string of the molecule is C/C(=C\c1ccccc1)CN1CC[C@@H](c2cc3nc(C)cc(=O)n3[nH]2)C1. The van der Waals surface area contributed by atoms with Crippen LogP contribution in [0.15, 0.2) is 52.8 Å². The summed E-state index contributed by atoms with van der Waals surface area (Å²) in [5.74, 6) is 0.418. The molecule has 0 aliphatic carbocycles. The van der Waals surface area contributed by atoms with Crippen molar-refractivity contribution in [3.8, 4) is 0 Å². The molecule has 3 aromatic rings. The van der Waals surface area contributed by atoms with Crippen LogP contribution in [0.2, 0.25) is 0 Å². The summed E-state index contributed by atoms with van der Waals surface area (Å²) >= 11 is 0. The van der Waals surface area contributed by atoms with Gasteiger partial charge < -0.3 is 0 Å². The second-order valence-corrected chi connectivity index (χ2v) is 7.26. The number of likely N-dealkylation sites (tertiary alicyclic amines) is 1. The molecule has 1 aromatic carbocycles. The quantitative estimate of drug-likeness (QED) is 0.788. The van der Waals surface area contributed by atoms with Crippen LogP contribution in [-0.2, 0) is 0 Å². The summed E-state index contributed by atoms with van der Waals surface area (Å²) in [6.07, 6.45) is 3.35. The molecule has 134 valence electrons. The molecule has 0 amide bonds. The second-order valence-electron chi connectivity index (χ2n) is 7.26. The van der Waals surface area contributed by atoms with Gasteiger partial charge in [-0.25, -0.2) is 9.50 Å². The number of aromatic nitrogens is 3. The minimum Gasteiger partial charge on any atom is -0.299 e. The minimum absolute atomic E-state index is 0.0461. The largest absolute Gasteiger partial charge is 0.299 e. The van der Waals surface area contributed by atoms with Gasteiger partial charge in [0.1, 0.15) is 0 Å². The van der Waals surface area contributed by atoms with Gasteiger partial charge >= 0.3 is 0 Å². The normalized spacial score (nSPS) is 18.7. The Labute approximate surface area is 153 Å². The average molecular weight is 348 g/mol. The molecular formula is C21H24N4O. The Balaban J connectivity index is 1.46. The molecule has 3 heterocycles. The Bertz CT molecular complexity index is 1000. The van der Waals surface area contributed by atoms with Gasteiger partial charge in [0.15, 0.2) is 5.65 Å². The molecule has 1 atom stereocenters. The van der Waals surface area contributed by atoms with Crippen LogP contribution in [0.3, 0.4) is 0 Å². The first kappa shape index (κ1) is 16.8. The van der Waals surface area contributed by atoms with Gasteiger partial charge in [-0.15, -0.1) is 0 Å². The third kappa shape index (κ3) is 3.48. The van der Waals surface area contributed by atoms with E-state index in [1.165, 1.54) is 11.1 Å². The van der Waals surface area contributed by atoms with Crippen molar-refractivity contribution in [3.05, 3.63) is 75.3 Å². The van der Waals surface area contributed by atoms with E-state index < -0.39 is 0 Å². The number of H-pyrrole nitrogens is 1. The van der Waals surface area contributed by atoms with E-state index in [9.17, 15) is 4.79 Å². The van der Waals surface area contributed by atoms with Crippen molar-refractivity contribution in [2.75, 3.05) is 19.6 Å². The highest BCUT2D eigenvalue weighted by Crippen LogP contribution is 2.27. The minimum atomic E-state index is -0.0461. The third-order valence-electron chi connectivity index (χ3n) is 5.00. The second kappa shape index (κ2) is 6.92. The zero-order chi connectivity index (χ0) is 18.1. The first-order chi connectivity index (χ1) is 12.6. The molecule has 0 saturated carbocycles. The van der Waals surface area contributed by atoms with Crippen molar-refractivity contribution in [1.82, 2.24) is 19.5 Å².